The average molecular weight is 476 g/mol. The lowest BCUT2D eigenvalue weighted by Gasteiger charge is -2.34. The van der Waals surface area contributed by atoms with Crippen LogP contribution in [0.25, 0.3) is 10.9 Å². The van der Waals surface area contributed by atoms with E-state index >= 15 is 0 Å². The molecule has 0 atom stereocenters. The van der Waals surface area contributed by atoms with E-state index in [2.05, 4.69) is 32.1 Å². The number of fused-ring (bicyclic) bond motifs is 1. The number of carbonyl (C=O) groups is 2. The normalized spacial score (nSPS) is 17.1. The summed E-state index contributed by atoms with van der Waals surface area (Å²) in [5.41, 5.74) is 3.03. The smallest absolute Gasteiger partial charge is 0.317 e. The van der Waals surface area contributed by atoms with Gasteiger partial charge in [0.05, 0.1) is 6.42 Å². The molecule has 0 bridgehead atoms. The van der Waals surface area contributed by atoms with E-state index in [4.69, 9.17) is 0 Å². The molecule has 184 valence electrons. The molecule has 9 heteroatoms. The zero-order valence-corrected chi connectivity index (χ0v) is 20.2. The molecule has 5 rings (SSSR count). The van der Waals surface area contributed by atoms with E-state index in [0.29, 0.717) is 39.1 Å². The maximum atomic E-state index is 12.8. The summed E-state index contributed by atoms with van der Waals surface area (Å²) < 4.78 is 0. The van der Waals surface area contributed by atoms with Gasteiger partial charge in [0.2, 0.25) is 5.91 Å². The minimum Gasteiger partial charge on any atom is -0.361 e. The molecule has 0 spiro atoms. The zero-order valence-electron chi connectivity index (χ0n) is 20.2. The summed E-state index contributed by atoms with van der Waals surface area (Å²) in [6, 6.07) is 12.0. The van der Waals surface area contributed by atoms with Crippen LogP contribution >= 0.6 is 0 Å². The van der Waals surface area contributed by atoms with Crippen LogP contribution in [0.2, 0.25) is 0 Å². The molecule has 0 aliphatic carbocycles. The summed E-state index contributed by atoms with van der Waals surface area (Å²) in [5, 5.41) is 4.08. The first kappa shape index (κ1) is 23.2. The van der Waals surface area contributed by atoms with Crippen LogP contribution in [-0.4, -0.2) is 96.0 Å². The van der Waals surface area contributed by atoms with E-state index in [9.17, 15) is 9.59 Å². The fourth-order valence-corrected chi connectivity index (χ4v) is 4.74. The third-order valence-corrected chi connectivity index (χ3v) is 7.02. The third-order valence-electron chi connectivity index (χ3n) is 7.02. The van der Waals surface area contributed by atoms with Gasteiger partial charge in [0.15, 0.2) is 0 Å². The van der Waals surface area contributed by atoms with Crippen LogP contribution < -0.4 is 10.2 Å². The van der Waals surface area contributed by atoms with Crippen molar-refractivity contribution in [1.29, 1.82) is 0 Å². The highest BCUT2D eigenvalue weighted by atomic mass is 16.2. The molecule has 1 aromatic carbocycles. The highest BCUT2D eigenvalue weighted by Gasteiger charge is 2.24. The summed E-state index contributed by atoms with van der Waals surface area (Å²) >= 11 is 0. The fraction of sp³-hybridized carbons (Fsp3) is 0.423. The third kappa shape index (κ3) is 5.40. The molecule has 3 amide bonds. The van der Waals surface area contributed by atoms with Gasteiger partial charge in [-0.15, -0.1) is 0 Å². The number of likely N-dealkylation sites (N-methyl/N-ethyl adjacent to an activating group) is 1. The first-order valence-corrected chi connectivity index (χ1v) is 12.3. The highest BCUT2D eigenvalue weighted by molar-refractivity contribution is 5.89. The minimum absolute atomic E-state index is 0.0984. The number of nitrogens with one attached hydrogen (secondary N) is 2. The molecule has 35 heavy (non-hydrogen) atoms. The van der Waals surface area contributed by atoms with Crippen LogP contribution in [0.5, 0.6) is 0 Å². The van der Waals surface area contributed by atoms with Crippen LogP contribution in [0.15, 0.2) is 48.8 Å². The Balaban J connectivity index is 1.06. The van der Waals surface area contributed by atoms with Gasteiger partial charge in [0, 0.05) is 82.2 Å². The topological polar surface area (TPSA) is 87.8 Å². The van der Waals surface area contributed by atoms with Crippen molar-refractivity contribution in [2.75, 3.05) is 64.3 Å². The van der Waals surface area contributed by atoms with Gasteiger partial charge in [0.1, 0.15) is 5.82 Å². The van der Waals surface area contributed by atoms with Gasteiger partial charge in [-0.2, -0.15) is 0 Å². The number of benzene rings is 1. The van der Waals surface area contributed by atoms with Gasteiger partial charge < -0.3 is 29.9 Å². The van der Waals surface area contributed by atoms with Gasteiger partial charge in [-0.05, 0) is 30.3 Å². The molecule has 2 saturated heterocycles. The Morgan fingerprint density at radius 3 is 2.43 bits per heavy atom. The number of H-pyrrole nitrogens is 1. The summed E-state index contributed by atoms with van der Waals surface area (Å²) in [6.45, 7) is 6.66. The van der Waals surface area contributed by atoms with Crippen molar-refractivity contribution >= 4 is 28.7 Å². The number of nitrogens with zero attached hydrogens (tertiary/aromatic N) is 5. The molecule has 9 nitrogen and oxygen atoms in total. The largest absolute Gasteiger partial charge is 0.361 e. The van der Waals surface area contributed by atoms with Crippen molar-refractivity contribution in [2.24, 2.45) is 0 Å². The Morgan fingerprint density at radius 1 is 0.943 bits per heavy atom. The number of para-hydroxylation sites is 1. The number of rotatable bonds is 5. The quantitative estimate of drug-likeness (QED) is 0.589. The summed E-state index contributed by atoms with van der Waals surface area (Å²) in [7, 11) is 2.14. The second-order valence-corrected chi connectivity index (χ2v) is 9.38. The first-order valence-electron chi connectivity index (χ1n) is 12.3. The maximum Gasteiger partial charge on any atom is 0.317 e. The number of anilines is 1. The number of aromatic nitrogens is 2. The van der Waals surface area contributed by atoms with Gasteiger partial charge >= 0.3 is 6.03 Å². The first-order chi connectivity index (χ1) is 17.1. The van der Waals surface area contributed by atoms with Gasteiger partial charge in [0.25, 0.3) is 0 Å². The molecule has 0 unspecified atom stereocenters. The molecule has 2 fully saturated rings. The van der Waals surface area contributed by atoms with Crippen molar-refractivity contribution < 1.29 is 9.59 Å². The average Bonchev–Trinajstić information content (AvgIpc) is 3.31. The van der Waals surface area contributed by atoms with Crippen LogP contribution in [0.4, 0.5) is 10.6 Å². The second-order valence-electron chi connectivity index (χ2n) is 9.38. The molecule has 0 saturated carbocycles. The molecule has 2 aliphatic rings. The Labute approximate surface area is 205 Å². The fourth-order valence-electron chi connectivity index (χ4n) is 4.74. The van der Waals surface area contributed by atoms with Crippen molar-refractivity contribution in [3.05, 3.63) is 59.9 Å². The summed E-state index contributed by atoms with van der Waals surface area (Å²) in [6.07, 6.45) is 4.13. The molecular formula is C26H33N7O2. The lowest BCUT2D eigenvalue weighted by atomic mass is 10.1. The Bertz CT molecular complexity index is 1160. The Hall–Kier alpha value is -3.59. The number of aromatic amines is 1. The number of amides is 3. The van der Waals surface area contributed by atoms with Crippen molar-refractivity contribution in [1.82, 2.24) is 30.0 Å². The van der Waals surface area contributed by atoms with Crippen molar-refractivity contribution in [3.8, 4) is 0 Å². The molecule has 2 aliphatic heterocycles. The Morgan fingerprint density at radius 2 is 1.69 bits per heavy atom. The van der Waals surface area contributed by atoms with E-state index in [-0.39, 0.29) is 11.9 Å². The van der Waals surface area contributed by atoms with E-state index in [1.54, 1.807) is 4.90 Å². The zero-order chi connectivity index (χ0) is 24.2. The van der Waals surface area contributed by atoms with Crippen LogP contribution in [0, 0.1) is 0 Å². The monoisotopic (exact) mass is 475 g/mol. The van der Waals surface area contributed by atoms with Gasteiger partial charge in [-0.25, -0.2) is 9.78 Å². The summed E-state index contributed by atoms with van der Waals surface area (Å²) in [4.78, 5) is 41.6. The maximum absolute atomic E-state index is 12.8. The van der Waals surface area contributed by atoms with Gasteiger partial charge in [-0.1, -0.05) is 24.3 Å². The Kier molecular flexibility index (Phi) is 6.85. The SMILES string of the molecule is CN1CCN(c2ccc(CNC(=O)N3CCN(C(=O)Cc4c[nH]c5ccccc45)CC3)cn2)CC1. The number of hydrogen-bond donors (Lipinski definition) is 2. The lowest BCUT2D eigenvalue weighted by molar-refractivity contribution is -0.131. The molecule has 2 N–H and O–H groups in total. The molecule has 4 heterocycles. The van der Waals surface area contributed by atoms with Crippen molar-refractivity contribution in [3.63, 3.8) is 0 Å². The standard InChI is InChI=1S/C26H33N7O2/c1-30-8-10-31(11-9-30)24-7-6-20(17-28-24)18-29-26(35)33-14-12-32(13-15-33)25(34)16-21-19-27-23-5-3-2-4-22(21)23/h2-7,17,19,27H,8-16,18H2,1H3,(H,29,35). The number of carbonyl (C=O) groups excluding carboxylic acids is 2. The molecule has 3 aromatic rings. The lowest BCUT2D eigenvalue weighted by Crippen LogP contribution is -2.53. The van der Waals surface area contributed by atoms with Crippen molar-refractivity contribution in [2.45, 2.75) is 13.0 Å². The summed E-state index contributed by atoms with van der Waals surface area (Å²) in [5.74, 6) is 1.09. The molecule has 0 radical (unpaired) electrons. The van der Waals surface area contributed by atoms with E-state index in [0.717, 1.165) is 54.0 Å². The predicted molar refractivity (Wildman–Crippen MR) is 136 cm³/mol. The number of urea groups is 1. The molecule has 2 aromatic heterocycles. The van der Waals surface area contributed by atoms with E-state index in [1.165, 1.54) is 0 Å². The van der Waals surface area contributed by atoms with Crippen LogP contribution in [-0.2, 0) is 17.8 Å². The minimum atomic E-state index is -0.100. The number of piperazine rings is 2. The molecular weight excluding hydrogens is 442 g/mol. The number of hydrogen-bond acceptors (Lipinski definition) is 5. The highest BCUT2D eigenvalue weighted by Crippen LogP contribution is 2.19. The van der Waals surface area contributed by atoms with Crippen LogP contribution in [0.1, 0.15) is 11.1 Å². The van der Waals surface area contributed by atoms with E-state index in [1.807, 2.05) is 53.7 Å². The van der Waals surface area contributed by atoms with Crippen LogP contribution in [0.3, 0.4) is 0 Å². The number of pyridine rings is 1. The second kappa shape index (κ2) is 10.4. The van der Waals surface area contributed by atoms with Gasteiger partial charge in [-0.3, -0.25) is 4.79 Å². The van der Waals surface area contributed by atoms with E-state index < -0.39 is 0 Å². The predicted octanol–water partition coefficient (Wildman–Crippen LogP) is 1.91.